The highest BCUT2D eigenvalue weighted by atomic mass is 32.2. The van der Waals surface area contributed by atoms with Gasteiger partial charge in [0.25, 0.3) is 20.2 Å². The molecule has 0 saturated carbocycles. The van der Waals surface area contributed by atoms with Gasteiger partial charge in [0, 0.05) is 16.2 Å². The molecule has 0 aromatic heterocycles. The summed E-state index contributed by atoms with van der Waals surface area (Å²) < 4.78 is 76.0. The minimum Gasteiger partial charge on any atom is -0.505 e. The minimum atomic E-state index is -5.07. The Hall–Kier alpha value is -7.61. The van der Waals surface area contributed by atoms with Crippen molar-refractivity contribution in [3.8, 4) is 11.5 Å². The maximum atomic E-state index is 12.7. The molecule has 23 heteroatoms. The second kappa shape index (κ2) is 18.5. The van der Waals surface area contributed by atoms with Crippen molar-refractivity contribution in [2.75, 3.05) is 5.73 Å². The van der Waals surface area contributed by atoms with Gasteiger partial charge >= 0.3 is 0 Å². The van der Waals surface area contributed by atoms with Crippen LogP contribution in [-0.4, -0.2) is 41.4 Å². The predicted octanol–water partition coefficient (Wildman–Crippen LogP) is 13.0. The Balaban J connectivity index is 1.14. The highest BCUT2D eigenvalue weighted by molar-refractivity contribution is 7.94. The highest BCUT2D eigenvalue weighted by Crippen LogP contribution is 2.50. The van der Waals surface area contributed by atoms with Gasteiger partial charge < -0.3 is 15.9 Å². The fourth-order valence-electron chi connectivity index (χ4n) is 6.78. The molecule has 0 bridgehead atoms. The van der Waals surface area contributed by atoms with Crippen molar-refractivity contribution in [1.29, 1.82) is 0 Å². The summed E-state index contributed by atoms with van der Waals surface area (Å²) in [5.41, 5.74) is 6.98. The van der Waals surface area contributed by atoms with E-state index in [-0.39, 0.29) is 60.4 Å². The molecule has 8 aromatic carbocycles. The summed E-state index contributed by atoms with van der Waals surface area (Å²) in [5, 5.41) is 70.1. The predicted molar refractivity (Wildman–Crippen MR) is 244 cm³/mol. The van der Waals surface area contributed by atoms with Gasteiger partial charge in [-0.1, -0.05) is 59.6 Å². The fraction of sp³-hybridized carbons (Fsp3) is 0.0233. The number of anilines is 1. The van der Waals surface area contributed by atoms with Crippen LogP contribution in [0.5, 0.6) is 11.5 Å². The van der Waals surface area contributed by atoms with E-state index in [2.05, 4.69) is 50.3 Å². The molecule has 0 aliphatic carbocycles. The molecule has 0 heterocycles. The second-order valence-electron chi connectivity index (χ2n) is 14.0. The first-order valence-electron chi connectivity index (χ1n) is 18.9. The van der Waals surface area contributed by atoms with Crippen LogP contribution in [0.3, 0.4) is 0 Å². The maximum absolute atomic E-state index is 12.7. The number of nitrogen functional groups attached to an aromatic ring is 1. The van der Waals surface area contributed by atoms with Gasteiger partial charge in [-0.2, -0.15) is 37.3 Å². The van der Waals surface area contributed by atoms with Crippen molar-refractivity contribution >= 4 is 116 Å². The topological polar surface area (TPSA) is 313 Å². The lowest BCUT2D eigenvalue weighted by Crippen LogP contribution is -2.02. The van der Waals surface area contributed by atoms with E-state index in [0.717, 1.165) is 29.0 Å². The van der Waals surface area contributed by atoms with Gasteiger partial charge in [0.15, 0.2) is 11.5 Å². The van der Waals surface area contributed by atoms with Gasteiger partial charge in [0.1, 0.15) is 26.9 Å². The molecule has 8 rings (SSSR count). The molecular weight excluding hydrogens is 915 g/mol. The van der Waals surface area contributed by atoms with Crippen molar-refractivity contribution in [1.82, 2.24) is 0 Å². The molecule has 332 valence electrons. The van der Waals surface area contributed by atoms with Crippen molar-refractivity contribution in [3.05, 3.63) is 133 Å². The third-order valence-electron chi connectivity index (χ3n) is 9.94. The summed E-state index contributed by atoms with van der Waals surface area (Å²) in [7, 11) is -10.1. The zero-order chi connectivity index (χ0) is 46.8. The molecule has 66 heavy (non-hydrogen) atoms. The molecule has 0 unspecified atom stereocenters. The lowest BCUT2D eigenvalue weighted by Gasteiger charge is -2.14. The minimum absolute atomic E-state index is 0.0534. The quantitative estimate of drug-likeness (QED) is 0.0157. The van der Waals surface area contributed by atoms with E-state index in [9.17, 15) is 36.2 Å². The van der Waals surface area contributed by atoms with Crippen LogP contribution >= 0.6 is 12.0 Å². The van der Waals surface area contributed by atoms with Crippen LogP contribution in [-0.2, 0) is 29.6 Å². The number of aromatic hydroxyl groups is 2. The number of phenolic OH excluding ortho intramolecular Hbond substituents is 2. The largest absolute Gasteiger partial charge is 0.505 e. The Morgan fingerprint density at radius 2 is 1.12 bits per heavy atom. The molecule has 0 atom stereocenters. The summed E-state index contributed by atoms with van der Waals surface area (Å²) in [6.07, 6.45) is 0. The molecule has 0 spiro atoms. The van der Waals surface area contributed by atoms with Crippen LogP contribution in [0.1, 0.15) is 5.56 Å². The van der Waals surface area contributed by atoms with Crippen LogP contribution in [0.4, 0.5) is 51.2 Å². The van der Waals surface area contributed by atoms with Crippen LogP contribution in [0.2, 0.25) is 0 Å². The van der Waals surface area contributed by atoms with Crippen LogP contribution in [0, 0.1) is 6.92 Å². The second-order valence-corrected chi connectivity index (χ2v) is 17.5. The Morgan fingerprint density at radius 1 is 0.530 bits per heavy atom. The number of fused-ring (bicyclic) bond motifs is 3. The molecule has 0 aliphatic heterocycles. The molecule has 0 amide bonds. The molecule has 0 fully saturated rings. The van der Waals surface area contributed by atoms with Gasteiger partial charge in [-0.25, -0.2) is 5.26 Å². The summed E-state index contributed by atoms with van der Waals surface area (Å²) in [6.45, 7) is 1.50. The Morgan fingerprint density at radius 3 is 1.80 bits per heavy atom. The first kappa shape index (κ1) is 45.0. The summed E-state index contributed by atoms with van der Waals surface area (Å²) >= 11 is 0.324. The number of azo groups is 4. The van der Waals surface area contributed by atoms with Gasteiger partial charge in [-0.15, -0.1) is 24.8 Å². The number of aryl methyl sites for hydroxylation is 1. The van der Waals surface area contributed by atoms with Gasteiger partial charge in [-0.05, 0) is 96.1 Å². The number of nitrogens with zero attached hydrogens (tertiary/aromatic N) is 8. The molecule has 7 N–H and O–H groups in total. The van der Waals surface area contributed by atoms with Gasteiger partial charge in [-0.3, -0.25) is 9.11 Å². The third-order valence-corrected chi connectivity index (χ3v) is 12.3. The van der Waals surface area contributed by atoms with Crippen molar-refractivity contribution in [2.24, 2.45) is 40.9 Å². The molecule has 0 saturated heterocycles. The lowest BCUT2D eigenvalue weighted by atomic mass is 10.0. The molecule has 0 radical (unpaired) electrons. The molecule has 0 aliphatic rings. The Bertz CT molecular complexity index is 3570. The number of rotatable bonds is 13. The average Bonchev–Trinajstić information content (AvgIpc) is 3.29. The number of nitrogens with two attached hydrogens (primary N) is 1. The standard InChI is InChI=1S/C43H31N9O11S3/c1-23-30-21-37(66(59,60)61)41(52-47-27-16-14-26(15-17-27)45-49-33-13-7-9-24-8-5-6-12-28(24)33)42(53)29(30)18-19-32(23)48-50-34-22-36(65(56,57)58)31-20-35(64-63-62-55)40(43(54)38(31)39(34)44)51-46-25-10-3-2-4-11-25/h2-22,53-55H,44H2,1H3,(H,56,57,58)(H,59,60,61). The molecule has 20 nitrogen and oxygen atoms in total. The van der Waals surface area contributed by atoms with E-state index in [1.54, 1.807) is 54.6 Å². The zero-order valence-electron chi connectivity index (χ0n) is 33.7. The van der Waals surface area contributed by atoms with E-state index >= 15 is 0 Å². The summed E-state index contributed by atoms with van der Waals surface area (Å²) in [5.74, 6) is -1.37. The molecule has 8 aromatic rings. The zero-order valence-corrected chi connectivity index (χ0v) is 36.1. The van der Waals surface area contributed by atoms with Crippen molar-refractivity contribution in [2.45, 2.75) is 21.6 Å². The first-order chi connectivity index (χ1) is 31.6. The number of phenols is 2. The monoisotopic (exact) mass is 945 g/mol. The van der Waals surface area contributed by atoms with E-state index < -0.39 is 47.2 Å². The maximum Gasteiger partial charge on any atom is 0.296 e. The van der Waals surface area contributed by atoms with Crippen LogP contribution < -0.4 is 5.73 Å². The van der Waals surface area contributed by atoms with Crippen LogP contribution in [0.25, 0.3) is 32.3 Å². The van der Waals surface area contributed by atoms with E-state index in [1.807, 2.05) is 42.5 Å². The third kappa shape index (κ3) is 9.30. The van der Waals surface area contributed by atoms with Crippen LogP contribution in [0.15, 0.2) is 183 Å². The fourth-order valence-corrected chi connectivity index (χ4v) is 8.62. The van der Waals surface area contributed by atoms with E-state index in [1.165, 1.54) is 19.1 Å². The smallest absolute Gasteiger partial charge is 0.296 e. The lowest BCUT2D eigenvalue weighted by molar-refractivity contribution is -0.432. The average molecular weight is 946 g/mol. The normalized spacial score (nSPS) is 12.6. The Kier molecular flexibility index (Phi) is 12.6. The first-order valence-corrected chi connectivity index (χ1v) is 22.6. The van der Waals surface area contributed by atoms with E-state index in [4.69, 9.17) is 11.0 Å². The van der Waals surface area contributed by atoms with Gasteiger partial charge in [0.05, 0.1) is 56.4 Å². The van der Waals surface area contributed by atoms with Gasteiger partial charge in [0.2, 0.25) is 0 Å². The number of hydrogen-bond acceptors (Lipinski definition) is 19. The Labute approximate surface area is 377 Å². The number of hydrogen-bond donors (Lipinski definition) is 6. The van der Waals surface area contributed by atoms with Crippen molar-refractivity contribution in [3.63, 3.8) is 0 Å². The molecular formula is C43H31N9O11S3. The summed E-state index contributed by atoms with van der Waals surface area (Å²) in [6, 6.07) is 33.9. The van der Waals surface area contributed by atoms with E-state index in [0.29, 0.717) is 29.1 Å². The van der Waals surface area contributed by atoms with Crippen molar-refractivity contribution < 1.29 is 50.8 Å². The SMILES string of the molecule is Cc1c(N=Nc2cc(S(=O)(=O)O)c3cc(SOOO)c(N=Nc4ccccc4)c(O)c3c2N)ccc2c(O)c(N=Nc3ccc(N=Nc4cccc5ccccc45)cc3)c(S(=O)(=O)O)cc12. The number of benzene rings is 8. The summed E-state index contributed by atoms with van der Waals surface area (Å²) in [4.78, 5) is -1.68. The highest BCUT2D eigenvalue weighted by Gasteiger charge is 2.27.